The Kier molecular flexibility index (Phi) is 5.88. The number of nitrogens with one attached hydrogen (secondary N) is 1. The molecule has 0 aliphatic heterocycles. The molecule has 2 aromatic rings. The minimum absolute atomic E-state index is 0.244. The van der Waals surface area contributed by atoms with Crippen molar-refractivity contribution in [2.75, 3.05) is 13.6 Å². The molecule has 0 spiro atoms. The topological polar surface area (TPSA) is 12.0 Å². The average Bonchev–Trinajstić information content (AvgIpc) is 2.44. The van der Waals surface area contributed by atoms with Crippen LogP contribution in [0.15, 0.2) is 46.9 Å². The SMILES string of the molecule is CNCC(Cc1ccc(F)cc1F)Cc1ccccc1Br. The van der Waals surface area contributed by atoms with E-state index >= 15 is 0 Å². The van der Waals surface area contributed by atoms with Crippen molar-refractivity contribution in [3.63, 3.8) is 0 Å². The molecule has 21 heavy (non-hydrogen) atoms. The summed E-state index contributed by atoms with van der Waals surface area (Å²) in [7, 11) is 1.88. The molecule has 1 N–H and O–H groups in total. The Morgan fingerprint density at radius 1 is 1.05 bits per heavy atom. The first kappa shape index (κ1) is 16.1. The highest BCUT2D eigenvalue weighted by molar-refractivity contribution is 9.10. The first-order valence-electron chi connectivity index (χ1n) is 6.92. The van der Waals surface area contributed by atoms with E-state index in [1.54, 1.807) is 0 Å². The molecule has 0 saturated heterocycles. The maximum absolute atomic E-state index is 13.8. The summed E-state index contributed by atoms with van der Waals surface area (Å²) < 4.78 is 27.8. The second kappa shape index (κ2) is 7.66. The second-order valence-corrected chi connectivity index (χ2v) is 6.01. The molecular formula is C17H18BrF2N. The lowest BCUT2D eigenvalue weighted by Crippen LogP contribution is -2.23. The summed E-state index contributed by atoms with van der Waals surface area (Å²) in [5, 5.41) is 3.15. The van der Waals surface area contributed by atoms with Crippen molar-refractivity contribution in [3.05, 3.63) is 69.7 Å². The lowest BCUT2D eigenvalue weighted by molar-refractivity contribution is 0.476. The fourth-order valence-electron chi connectivity index (χ4n) is 2.48. The summed E-state index contributed by atoms with van der Waals surface area (Å²) >= 11 is 3.54. The molecular weight excluding hydrogens is 336 g/mol. The Morgan fingerprint density at radius 2 is 1.76 bits per heavy atom. The van der Waals surface area contributed by atoms with Gasteiger partial charge in [0.2, 0.25) is 0 Å². The zero-order chi connectivity index (χ0) is 15.2. The molecule has 4 heteroatoms. The molecule has 0 aliphatic rings. The minimum Gasteiger partial charge on any atom is -0.319 e. The molecule has 0 saturated carbocycles. The lowest BCUT2D eigenvalue weighted by Gasteiger charge is -2.18. The van der Waals surface area contributed by atoms with Gasteiger partial charge in [-0.3, -0.25) is 0 Å². The van der Waals surface area contributed by atoms with E-state index < -0.39 is 11.6 Å². The molecule has 1 atom stereocenters. The molecule has 2 aromatic carbocycles. The molecule has 0 bridgehead atoms. The van der Waals surface area contributed by atoms with E-state index in [1.807, 2.05) is 25.2 Å². The zero-order valence-corrected chi connectivity index (χ0v) is 13.5. The van der Waals surface area contributed by atoms with Crippen LogP contribution in [0.1, 0.15) is 11.1 Å². The number of hydrogen-bond donors (Lipinski definition) is 1. The van der Waals surface area contributed by atoms with Crippen LogP contribution in [0.4, 0.5) is 8.78 Å². The molecule has 2 rings (SSSR count). The van der Waals surface area contributed by atoms with Crippen molar-refractivity contribution in [2.24, 2.45) is 5.92 Å². The Hall–Kier alpha value is -1.26. The van der Waals surface area contributed by atoms with Gasteiger partial charge in [-0.05, 0) is 55.6 Å². The van der Waals surface area contributed by atoms with Crippen molar-refractivity contribution in [2.45, 2.75) is 12.8 Å². The van der Waals surface area contributed by atoms with E-state index in [-0.39, 0.29) is 5.92 Å². The van der Waals surface area contributed by atoms with E-state index in [0.29, 0.717) is 12.0 Å². The highest BCUT2D eigenvalue weighted by Gasteiger charge is 2.14. The maximum atomic E-state index is 13.8. The Balaban J connectivity index is 2.14. The van der Waals surface area contributed by atoms with Crippen LogP contribution in [0, 0.1) is 17.6 Å². The van der Waals surface area contributed by atoms with E-state index in [9.17, 15) is 8.78 Å². The van der Waals surface area contributed by atoms with Gasteiger partial charge in [0.1, 0.15) is 11.6 Å². The Bertz CT molecular complexity index is 601. The predicted molar refractivity (Wildman–Crippen MR) is 85.3 cm³/mol. The third-order valence-electron chi connectivity index (χ3n) is 3.48. The predicted octanol–water partition coefficient (Wildman–Crippen LogP) is 4.35. The van der Waals surface area contributed by atoms with Crippen LogP contribution < -0.4 is 5.32 Å². The Morgan fingerprint density at radius 3 is 2.43 bits per heavy atom. The summed E-state index contributed by atoms with van der Waals surface area (Å²) in [5.74, 6) is -0.760. The van der Waals surface area contributed by atoms with Gasteiger partial charge in [0.05, 0.1) is 0 Å². The number of rotatable bonds is 6. The van der Waals surface area contributed by atoms with Gasteiger partial charge in [-0.1, -0.05) is 40.2 Å². The van der Waals surface area contributed by atoms with Crippen LogP contribution in [0.3, 0.4) is 0 Å². The number of benzene rings is 2. The first-order chi connectivity index (χ1) is 10.1. The Labute approximate surface area is 132 Å². The summed E-state index contributed by atoms with van der Waals surface area (Å²) in [6.45, 7) is 0.776. The lowest BCUT2D eigenvalue weighted by atomic mass is 9.92. The molecule has 0 aromatic heterocycles. The van der Waals surface area contributed by atoms with Gasteiger partial charge in [0.25, 0.3) is 0 Å². The van der Waals surface area contributed by atoms with Crippen LogP contribution in [-0.4, -0.2) is 13.6 Å². The van der Waals surface area contributed by atoms with Gasteiger partial charge in [0.15, 0.2) is 0 Å². The van der Waals surface area contributed by atoms with Crippen LogP contribution >= 0.6 is 15.9 Å². The second-order valence-electron chi connectivity index (χ2n) is 5.16. The van der Waals surface area contributed by atoms with Crippen LogP contribution in [0.5, 0.6) is 0 Å². The van der Waals surface area contributed by atoms with Gasteiger partial charge >= 0.3 is 0 Å². The van der Waals surface area contributed by atoms with Crippen molar-refractivity contribution in [1.82, 2.24) is 5.32 Å². The number of hydrogen-bond acceptors (Lipinski definition) is 1. The highest BCUT2D eigenvalue weighted by Crippen LogP contribution is 2.22. The van der Waals surface area contributed by atoms with E-state index in [2.05, 4.69) is 27.3 Å². The molecule has 1 unspecified atom stereocenters. The minimum atomic E-state index is -0.535. The normalized spacial score (nSPS) is 12.4. The number of halogens is 3. The van der Waals surface area contributed by atoms with E-state index in [4.69, 9.17) is 0 Å². The molecule has 0 heterocycles. The summed E-state index contributed by atoms with van der Waals surface area (Å²) in [4.78, 5) is 0. The first-order valence-corrected chi connectivity index (χ1v) is 7.71. The molecule has 0 aliphatic carbocycles. The van der Waals surface area contributed by atoms with Crippen molar-refractivity contribution in [3.8, 4) is 0 Å². The quantitative estimate of drug-likeness (QED) is 0.813. The van der Waals surface area contributed by atoms with Crippen LogP contribution in [0.25, 0.3) is 0 Å². The summed E-state index contributed by atoms with van der Waals surface area (Å²) in [6, 6.07) is 11.8. The molecule has 112 valence electrons. The fraction of sp³-hybridized carbons (Fsp3) is 0.294. The van der Waals surface area contributed by atoms with Gasteiger partial charge < -0.3 is 5.32 Å². The smallest absolute Gasteiger partial charge is 0.129 e. The van der Waals surface area contributed by atoms with Gasteiger partial charge in [-0.15, -0.1) is 0 Å². The van der Waals surface area contributed by atoms with Crippen LogP contribution in [0.2, 0.25) is 0 Å². The van der Waals surface area contributed by atoms with E-state index in [0.717, 1.165) is 23.5 Å². The average molecular weight is 354 g/mol. The van der Waals surface area contributed by atoms with Crippen molar-refractivity contribution in [1.29, 1.82) is 0 Å². The van der Waals surface area contributed by atoms with E-state index in [1.165, 1.54) is 17.7 Å². The summed E-state index contributed by atoms with van der Waals surface area (Å²) in [5.41, 5.74) is 1.75. The fourth-order valence-corrected chi connectivity index (χ4v) is 2.93. The molecule has 1 nitrogen and oxygen atoms in total. The largest absolute Gasteiger partial charge is 0.319 e. The molecule has 0 fully saturated rings. The molecule has 0 amide bonds. The molecule has 0 radical (unpaired) electrons. The third kappa shape index (κ3) is 4.61. The third-order valence-corrected chi connectivity index (χ3v) is 4.26. The van der Waals surface area contributed by atoms with Gasteiger partial charge in [-0.2, -0.15) is 0 Å². The van der Waals surface area contributed by atoms with Crippen molar-refractivity contribution >= 4 is 15.9 Å². The van der Waals surface area contributed by atoms with Crippen LogP contribution in [-0.2, 0) is 12.8 Å². The highest BCUT2D eigenvalue weighted by atomic mass is 79.9. The summed E-state index contributed by atoms with van der Waals surface area (Å²) in [6.07, 6.45) is 1.41. The zero-order valence-electron chi connectivity index (χ0n) is 11.9. The standard InChI is InChI=1S/C17H18BrF2N/c1-21-11-12(8-13-4-2-3-5-16(13)18)9-14-6-7-15(19)10-17(14)20/h2-7,10,12,21H,8-9,11H2,1H3. The monoisotopic (exact) mass is 353 g/mol. The van der Waals surface area contributed by atoms with Crippen molar-refractivity contribution < 1.29 is 8.78 Å². The maximum Gasteiger partial charge on any atom is 0.129 e. The van der Waals surface area contributed by atoms with Gasteiger partial charge in [-0.25, -0.2) is 8.78 Å². The van der Waals surface area contributed by atoms with Gasteiger partial charge in [0, 0.05) is 10.5 Å².